The number of para-hydroxylation sites is 1. The minimum atomic E-state index is -4.38. The van der Waals surface area contributed by atoms with Crippen molar-refractivity contribution in [2.75, 3.05) is 13.1 Å². The van der Waals surface area contributed by atoms with Crippen molar-refractivity contribution in [3.8, 4) is 11.4 Å². The first-order valence-corrected chi connectivity index (χ1v) is 12.5. The van der Waals surface area contributed by atoms with Crippen molar-refractivity contribution in [1.82, 2.24) is 15.1 Å². The minimum absolute atomic E-state index is 0.0926. The Morgan fingerprint density at radius 1 is 1.06 bits per heavy atom. The molecule has 0 aliphatic carbocycles. The summed E-state index contributed by atoms with van der Waals surface area (Å²) in [5.41, 5.74) is 8.88. The van der Waals surface area contributed by atoms with Crippen molar-refractivity contribution < 1.29 is 21.9 Å². The number of nitrogens with one attached hydrogen (secondary N) is 1. The lowest BCUT2D eigenvalue weighted by Gasteiger charge is -2.23. The van der Waals surface area contributed by atoms with Crippen molar-refractivity contribution in [3.05, 3.63) is 90.1 Å². The van der Waals surface area contributed by atoms with E-state index in [1.54, 1.807) is 28.9 Å². The first-order valence-electron chi connectivity index (χ1n) is 11.1. The van der Waals surface area contributed by atoms with Crippen LogP contribution in [0, 0.1) is 0 Å². The van der Waals surface area contributed by atoms with Crippen LogP contribution in [0.15, 0.2) is 79.0 Å². The zero-order valence-electron chi connectivity index (χ0n) is 18.9. The average Bonchev–Trinajstić information content (AvgIpc) is 3.29. The van der Waals surface area contributed by atoms with E-state index in [1.165, 1.54) is 30.5 Å². The summed E-state index contributed by atoms with van der Waals surface area (Å²) < 4.78 is 34.4. The SMILES string of the molecule is NC(=O)c1cccc2cn(-c3ccc([C@@H]4CCCNC4)cc3)nc12.O=S(=O)(O)Oc1ccccc1. The molecular formula is C25H26N4O5S. The van der Waals surface area contributed by atoms with Gasteiger partial charge >= 0.3 is 10.4 Å². The molecule has 10 heteroatoms. The zero-order chi connectivity index (χ0) is 24.8. The summed E-state index contributed by atoms with van der Waals surface area (Å²) >= 11 is 0. The number of primary amides is 1. The molecule has 3 aromatic carbocycles. The molecule has 182 valence electrons. The van der Waals surface area contributed by atoms with Crippen LogP contribution in [0.4, 0.5) is 0 Å². The molecule has 0 saturated carbocycles. The van der Waals surface area contributed by atoms with E-state index < -0.39 is 16.3 Å². The normalized spacial score (nSPS) is 15.7. The number of benzene rings is 3. The molecule has 1 aliphatic heterocycles. The molecule has 1 amide bonds. The monoisotopic (exact) mass is 494 g/mol. The number of carbonyl (C=O) groups excluding carboxylic acids is 1. The van der Waals surface area contributed by atoms with Crippen molar-refractivity contribution in [3.63, 3.8) is 0 Å². The van der Waals surface area contributed by atoms with Gasteiger partial charge < -0.3 is 15.2 Å². The fraction of sp³-hybridized carbons (Fsp3) is 0.200. The minimum Gasteiger partial charge on any atom is -0.366 e. The van der Waals surface area contributed by atoms with E-state index in [0.717, 1.165) is 24.2 Å². The Kier molecular flexibility index (Phi) is 7.45. The molecular weight excluding hydrogens is 468 g/mol. The molecule has 1 aromatic heterocycles. The van der Waals surface area contributed by atoms with Gasteiger partial charge in [-0.2, -0.15) is 13.5 Å². The molecule has 0 spiro atoms. The van der Waals surface area contributed by atoms with Gasteiger partial charge in [-0.3, -0.25) is 9.35 Å². The van der Waals surface area contributed by atoms with E-state index in [2.05, 4.69) is 38.9 Å². The number of amides is 1. The highest BCUT2D eigenvalue weighted by Crippen LogP contribution is 2.25. The van der Waals surface area contributed by atoms with Gasteiger partial charge in [-0.25, -0.2) is 4.68 Å². The van der Waals surface area contributed by atoms with E-state index in [-0.39, 0.29) is 5.75 Å². The molecule has 0 bridgehead atoms. The van der Waals surface area contributed by atoms with Crippen LogP contribution in [0.25, 0.3) is 16.6 Å². The maximum atomic E-state index is 11.5. The van der Waals surface area contributed by atoms with Crippen molar-refractivity contribution in [2.45, 2.75) is 18.8 Å². The summed E-state index contributed by atoms with van der Waals surface area (Å²) in [5, 5.41) is 8.91. The van der Waals surface area contributed by atoms with E-state index in [4.69, 9.17) is 10.3 Å². The highest BCUT2D eigenvalue weighted by Gasteiger charge is 2.15. The summed E-state index contributed by atoms with van der Waals surface area (Å²) in [6.07, 6.45) is 4.39. The van der Waals surface area contributed by atoms with E-state index in [0.29, 0.717) is 17.0 Å². The van der Waals surface area contributed by atoms with Crippen molar-refractivity contribution >= 4 is 27.2 Å². The fourth-order valence-electron chi connectivity index (χ4n) is 4.01. The highest BCUT2D eigenvalue weighted by atomic mass is 32.3. The Balaban J connectivity index is 0.000000221. The third kappa shape index (κ3) is 6.44. The highest BCUT2D eigenvalue weighted by molar-refractivity contribution is 7.81. The summed E-state index contributed by atoms with van der Waals surface area (Å²) in [7, 11) is -4.38. The molecule has 4 aromatic rings. The molecule has 4 N–H and O–H groups in total. The van der Waals surface area contributed by atoms with Crippen LogP contribution in [-0.4, -0.2) is 41.7 Å². The second kappa shape index (κ2) is 10.7. The first kappa shape index (κ1) is 24.4. The van der Waals surface area contributed by atoms with Crippen LogP contribution < -0.4 is 15.2 Å². The summed E-state index contributed by atoms with van der Waals surface area (Å²) in [5.74, 6) is 0.229. The Bertz CT molecular complexity index is 1400. The largest absolute Gasteiger partial charge is 0.446 e. The second-order valence-electron chi connectivity index (χ2n) is 8.14. The third-order valence-corrected chi connectivity index (χ3v) is 6.08. The van der Waals surface area contributed by atoms with Gasteiger partial charge in [0, 0.05) is 18.1 Å². The molecule has 5 rings (SSSR count). The number of nitrogens with two attached hydrogens (primary N) is 1. The number of aromatic nitrogens is 2. The summed E-state index contributed by atoms with van der Waals surface area (Å²) in [6, 6.07) is 21.7. The van der Waals surface area contributed by atoms with Gasteiger partial charge in [0.1, 0.15) is 11.3 Å². The number of rotatable bonds is 5. The van der Waals surface area contributed by atoms with Gasteiger partial charge in [0.15, 0.2) is 0 Å². The van der Waals surface area contributed by atoms with Crippen LogP contribution in [-0.2, 0) is 10.4 Å². The molecule has 1 atom stereocenters. The van der Waals surface area contributed by atoms with E-state index >= 15 is 0 Å². The Hall–Kier alpha value is -3.73. The molecule has 2 heterocycles. The van der Waals surface area contributed by atoms with E-state index in [1.807, 2.05) is 18.3 Å². The number of nitrogens with zero attached hydrogens (tertiary/aromatic N) is 2. The third-order valence-electron chi connectivity index (χ3n) is 5.67. The Labute approximate surface area is 203 Å². The topological polar surface area (TPSA) is 137 Å². The lowest BCUT2D eigenvalue weighted by molar-refractivity contribution is 0.100. The number of hydrogen-bond donors (Lipinski definition) is 3. The van der Waals surface area contributed by atoms with Crippen LogP contribution in [0.3, 0.4) is 0 Å². The Morgan fingerprint density at radius 2 is 1.80 bits per heavy atom. The maximum Gasteiger partial charge on any atom is 0.446 e. The Morgan fingerprint density at radius 3 is 2.43 bits per heavy atom. The van der Waals surface area contributed by atoms with Crippen molar-refractivity contribution in [1.29, 1.82) is 0 Å². The predicted molar refractivity (Wildman–Crippen MR) is 133 cm³/mol. The second-order valence-corrected chi connectivity index (χ2v) is 9.16. The molecule has 35 heavy (non-hydrogen) atoms. The average molecular weight is 495 g/mol. The quantitative estimate of drug-likeness (QED) is 0.361. The zero-order valence-corrected chi connectivity index (χ0v) is 19.7. The molecule has 1 aliphatic rings. The van der Waals surface area contributed by atoms with Gasteiger partial charge in [-0.05, 0) is 61.2 Å². The number of piperidine rings is 1. The molecule has 0 unspecified atom stereocenters. The number of fused-ring (bicyclic) bond motifs is 1. The first-order chi connectivity index (χ1) is 16.8. The van der Waals surface area contributed by atoms with Gasteiger partial charge in [0.2, 0.25) is 0 Å². The summed E-state index contributed by atoms with van der Waals surface area (Å²) in [4.78, 5) is 11.5. The van der Waals surface area contributed by atoms with Crippen LogP contribution in [0.1, 0.15) is 34.7 Å². The number of hydrogen-bond acceptors (Lipinski definition) is 6. The molecule has 1 fully saturated rings. The maximum absolute atomic E-state index is 11.5. The standard InChI is InChI=1S/C19H20N4O.C6H6O4S/c20-19(24)17-5-1-3-15-12-23(22-18(15)17)16-8-6-13(7-9-16)14-4-2-10-21-11-14;7-11(8,9)10-6-4-2-1-3-5-6/h1,3,5-9,12,14,21H,2,4,10-11H2,(H2,20,24);1-5H,(H,7,8,9)/t14-;/m1./s1. The lowest BCUT2D eigenvalue weighted by atomic mass is 9.92. The molecule has 0 radical (unpaired) electrons. The number of carbonyl (C=O) groups is 1. The lowest BCUT2D eigenvalue weighted by Crippen LogP contribution is -2.28. The van der Waals surface area contributed by atoms with Crippen LogP contribution >= 0.6 is 0 Å². The summed E-state index contributed by atoms with van der Waals surface area (Å²) in [6.45, 7) is 2.17. The fourth-order valence-corrected chi connectivity index (χ4v) is 4.36. The van der Waals surface area contributed by atoms with Crippen LogP contribution in [0.5, 0.6) is 5.75 Å². The smallest absolute Gasteiger partial charge is 0.366 e. The van der Waals surface area contributed by atoms with Crippen LogP contribution in [0.2, 0.25) is 0 Å². The van der Waals surface area contributed by atoms with Crippen molar-refractivity contribution in [2.24, 2.45) is 5.73 Å². The van der Waals surface area contributed by atoms with E-state index in [9.17, 15) is 13.2 Å². The van der Waals surface area contributed by atoms with Gasteiger partial charge in [0.25, 0.3) is 5.91 Å². The molecule has 1 saturated heterocycles. The van der Waals surface area contributed by atoms with Gasteiger partial charge in [0.05, 0.1) is 11.3 Å². The van der Waals surface area contributed by atoms with Gasteiger partial charge in [-0.1, -0.05) is 42.5 Å². The van der Waals surface area contributed by atoms with Gasteiger partial charge in [-0.15, -0.1) is 0 Å². The predicted octanol–water partition coefficient (Wildman–Crippen LogP) is 3.46. The molecule has 9 nitrogen and oxygen atoms in total.